The molecule has 5 heteroatoms. The molecule has 5 nitrogen and oxygen atoms in total. The molecule has 1 rings (SSSR count). The monoisotopic (exact) mass is 307 g/mol. The van der Waals surface area contributed by atoms with Crippen molar-refractivity contribution in [2.24, 2.45) is 4.99 Å². The quantitative estimate of drug-likeness (QED) is 0.409. The van der Waals surface area contributed by atoms with Gasteiger partial charge in [-0.2, -0.15) is 0 Å². The second-order valence-electron chi connectivity index (χ2n) is 5.26. The maximum absolute atomic E-state index is 5.44. The van der Waals surface area contributed by atoms with Crippen molar-refractivity contribution in [2.75, 3.05) is 47.6 Å². The molecule has 1 aromatic rings. The molecule has 1 N–H and O–H groups in total. The molecule has 1 aromatic carbocycles. The molecule has 22 heavy (non-hydrogen) atoms. The largest absolute Gasteiger partial charge is 0.382 e. The van der Waals surface area contributed by atoms with E-state index in [0.717, 1.165) is 32.0 Å². The first-order valence-electron chi connectivity index (χ1n) is 7.80. The molecule has 0 atom stereocenters. The summed E-state index contributed by atoms with van der Waals surface area (Å²) >= 11 is 0. The van der Waals surface area contributed by atoms with Crippen molar-refractivity contribution in [3.63, 3.8) is 0 Å². The molecule has 0 aliphatic rings. The zero-order valence-corrected chi connectivity index (χ0v) is 14.0. The first kappa shape index (κ1) is 18.5. The highest BCUT2D eigenvalue weighted by atomic mass is 16.5. The van der Waals surface area contributed by atoms with Crippen LogP contribution in [0.1, 0.15) is 18.4 Å². The molecule has 0 radical (unpaired) electrons. The molecule has 0 aromatic heterocycles. The van der Waals surface area contributed by atoms with Crippen molar-refractivity contribution in [3.8, 4) is 0 Å². The van der Waals surface area contributed by atoms with Crippen LogP contribution in [0.4, 0.5) is 0 Å². The summed E-state index contributed by atoms with van der Waals surface area (Å²) in [6.45, 7) is 3.71. The van der Waals surface area contributed by atoms with Crippen LogP contribution in [-0.4, -0.2) is 58.4 Å². The van der Waals surface area contributed by atoms with Gasteiger partial charge in [-0.3, -0.25) is 0 Å². The Morgan fingerprint density at radius 3 is 2.55 bits per heavy atom. The average molecular weight is 307 g/mol. The van der Waals surface area contributed by atoms with Crippen LogP contribution in [0.3, 0.4) is 0 Å². The van der Waals surface area contributed by atoms with Crippen LogP contribution in [0.25, 0.3) is 0 Å². The second-order valence-corrected chi connectivity index (χ2v) is 5.26. The first-order chi connectivity index (χ1) is 10.7. The van der Waals surface area contributed by atoms with Crippen LogP contribution >= 0.6 is 0 Å². The minimum atomic E-state index is 0.662. The summed E-state index contributed by atoms with van der Waals surface area (Å²) in [5.74, 6) is 0.921. The number of methoxy groups -OCH3 is 1. The second kappa shape index (κ2) is 12.0. The Morgan fingerprint density at radius 2 is 1.86 bits per heavy atom. The zero-order valence-electron chi connectivity index (χ0n) is 14.0. The van der Waals surface area contributed by atoms with Gasteiger partial charge in [0.05, 0.1) is 19.8 Å². The predicted molar refractivity (Wildman–Crippen MR) is 91.2 cm³/mol. The van der Waals surface area contributed by atoms with Crippen LogP contribution < -0.4 is 5.32 Å². The average Bonchev–Trinajstić information content (AvgIpc) is 2.53. The highest BCUT2D eigenvalue weighted by Crippen LogP contribution is 2.00. The van der Waals surface area contributed by atoms with Crippen molar-refractivity contribution in [2.45, 2.75) is 19.4 Å². The summed E-state index contributed by atoms with van der Waals surface area (Å²) in [6, 6.07) is 10.3. The summed E-state index contributed by atoms with van der Waals surface area (Å²) in [5, 5.41) is 3.39. The molecule has 0 aliphatic carbocycles. The van der Waals surface area contributed by atoms with E-state index >= 15 is 0 Å². The van der Waals surface area contributed by atoms with Crippen molar-refractivity contribution in [3.05, 3.63) is 35.9 Å². The third-order valence-electron chi connectivity index (χ3n) is 3.11. The molecule has 0 aliphatic heterocycles. The van der Waals surface area contributed by atoms with Crippen LogP contribution in [0, 0.1) is 0 Å². The topological polar surface area (TPSA) is 46.1 Å². The van der Waals surface area contributed by atoms with Gasteiger partial charge in [0.1, 0.15) is 0 Å². The van der Waals surface area contributed by atoms with E-state index in [4.69, 9.17) is 9.47 Å². The van der Waals surface area contributed by atoms with Gasteiger partial charge in [0.15, 0.2) is 5.96 Å². The molecule has 0 heterocycles. The van der Waals surface area contributed by atoms with Crippen molar-refractivity contribution < 1.29 is 9.47 Å². The molecular formula is C17H29N3O2. The van der Waals surface area contributed by atoms with E-state index in [2.05, 4.69) is 22.4 Å². The number of aliphatic imine (C=N–C) groups is 1. The number of nitrogens with zero attached hydrogens (tertiary/aromatic N) is 2. The van der Waals surface area contributed by atoms with E-state index in [9.17, 15) is 0 Å². The zero-order chi connectivity index (χ0) is 16.0. The smallest absolute Gasteiger partial charge is 0.193 e. The third-order valence-corrected chi connectivity index (χ3v) is 3.11. The number of ether oxygens (including phenoxy) is 2. The fraction of sp³-hybridized carbons (Fsp3) is 0.588. The van der Waals surface area contributed by atoms with E-state index in [1.807, 2.05) is 37.2 Å². The van der Waals surface area contributed by atoms with Crippen LogP contribution in [0.5, 0.6) is 0 Å². The number of hydrogen-bond donors (Lipinski definition) is 1. The Morgan fingerprint density at radius 1 is 1.09 bits per heavy atom. The Hall–Kier alpha value is -1.59. The Kier molecular flexibility index (Phi) is 10.1. The highest BCUT2D eigenvalue weighted by molar-refractivity contribution is 5.79. The SMILES string of the molecule is COCCOCCCCNC(=NCc1ccccc1)N(C)C. The summed E-state index contributed by atoms with van der Waals surface area (Å²) < 4.78 is 10.4. The van der Waals surface area contributed by atoms with Crippen molar-refractivity contribution in [1.29, 1.82) is 0 Å². The van der Waals surface area contributed by atoms with Crippen LogP contribution in [-0.2, 0) is 16.0 Å². The first-order valence-corrected chi connectivity index (χ1v) is 7.80. The van der Waals surface area contributed by atoms with Gasteiger partial charge in [0.25, 0.3) is 0 Å². The number of unbranched alkanes of at least 4 members (excludes halogenated alkanes) is 1. The molecule has 0 spiro atoms. The maximum atomic E-state index is 5.44. The van der Waals surface area contributed by atoms with Crippen molar-refractivity contribution in [1.82, 2.24) is 10.2 Å². The van der Waals surface area contributed by atoms with Crippen molar-refractivity contribution >= 4 is 5.96 Å². The number of rotatable bonds is 10. The minimum absolute atomic E-state index is 0.662. The molecule has 0 unspecified atom stereocenters. The lowest BCUT2D eigenvalue weighted by molar-refractivity contribution is 0.0689. The van der Waals surface area contributed by atoms with E-state index in [-0.39, 0.29) is 0 Å². The van der Waals surface area contributed by atoms with Gasteiger partial charge >= 0.3 is 0 Å². The third kappa shape index (κ3) is 8.64. The summed E-state index contributed by atoms with van der Waals surface area (Å²) in [6.07, 6.45) is 2.10. The van der Waals surface area contributed by atoms with E-state index in [0.29, 0.717) is 19.8 Å². The van der Waals surface area contributed by atoms with Gasteiger partial charge in [-0.1, -0.05) is 30.3 Å². The fourth-order valence-corrected chi connectivity index (χ4v) is 1.88. The van der Waals surface area contributed by atoms with Gasteiger partial charge in [0.2, 0.25) is 0 Å². The number of guanidine groups is 1. The number of hydrogen-bond acceptors (Lipinski definition) is 3. The molecule has 0 fully saturated rings. The van der Waals surface area contributed by atoms with Crippen LogP contribution in [0.2, 0.25) is 0 Å². The normalized spacial score (nSPS) is 11.5. The lowest BCUT2D eigenvalue weighted by Crippen LogP contribution is -2.37. The Labute approximate surface area is 134 Å². The number of nitrogens with one attached hydrogen (secondary N) is 1. The standard InChI is InChI=1S/C17H29N3O2/c1-20(2)17(19-15-16-9-5-4-6-10-16)18-11-7-8-12-22-14-13-21-3/h4-6,9-10H,7-8,11-15H2,1-3H3,(H,18,19). The summed E-state index contributed by atoms with van der Waals surface area (Å²) in [7, 11) is 5.69. The highest BCUT2D eigenvalue weighted by Gasteiger charge is 2.01. The summed E-state index contributed by atoms with van der Waals surface area (Å²) in [5.41, 5.74) is 1.22. The van der Waals surface area contributed by atoms with Gasteiger partial charge in [-0.05, 0) is 18.4 Å². The molecule has 0 amide bonds. The molecular weight excluding hydrogens is 278 g/mol. The van der Waals surface area contributed by atoms with Gasteiger partial charge < -0.3 is 19.7 Å². The Bertz CT molecular complexity index is 408. The van der Waals surface area contributed by atoms with Gasteiger partial charge in [-0.25, -0.2) is 4.99 Å². The summed E-state index contributed by atoms with van der Waals surface area (Å²) in [4.78, 5) is 6.65. The van der Waals surface area contributed by atoms with Gasteiger partial charge in [0, 0.05) is 34.4 Å². The van der Waals surface area contributed by atoms with E-state index in [1.54, 1.807) is 7.11 Å². The molecule has 124 valence electrons. The molecule has 0 bridgehead atoms. The lowest BCUT2D eigenvalue weighted by Gasteiger charge is -2.17. The minimum Gasteiger partial charge on any atom is -0.382 e. The van der Waals surface area contributed by atoms with Gasteiger partial charge in [-0.15, -0.1) is 0 Å². The Balaban J connectivity index is 2.21. The number of benzene rings is 1. The fourth-order valence-electron chi connectivity index (χ4n) is 1.88. The van der Waals surface area contributed by atoms with E-state index < -0.39 is 0 Å². The van der Waals surface area contributed by atoms with Crippen LogP contribution in [0.15, 0.2) is 35.3 Å². The van der Waals surface area contributed by atoms with E-state index in [1.165, 1.54) is 5.56 Å². The lowest BCUT2D eigenvalue weighted by atomic mass is 10.2. The molecule has 0 saturated heterocycles. The maximum Gasteiger partial charge on any atom is 0.193 e. The predicted octanol–water partition coefficient (Wildman–Crippen LogP) is 2.14. The molecule has 0 saturated carbocycles.